The summed E-state index contributed by atoms with van der Waals surface area (Å²) in [7, 11) is 0. The topological polar surface area (TPSA) is 68.0 Å². The summed E-state index contributed by atoms with van der Waals surface area (Å²) in [6, 6.07) is 7.25. The smallest absolute Gasteiger partial charge is 0.251 e. The molecule has 0 aliphatic heterocycles. The first-order valence-electron chi connectivity index (χ1n) is 6.12. The molecular weight excluding hydrogens is 238 g/mol. The Balaban J connectivity index is 2.10. The largest absolute Gasteiger partial charge is 0.399 e. The summed E-state index contributed by atoms with van der Waals surface area (Å²) in [5, 5.41) is 2.89. The van der Waals surface area contributed by atoms with E-state index < -0.39 is 0 Å². The van der Waals surface area contributed by atoms with Crippen molar-refractivity contribution in [2.45, 2.75) is 20.4 Å². The van der Waals surface area contributed by atoms with Gasteiger partial charge in [-0.2, -0.15) is 0 Å². The number of hydrogen-bond acceptors (Lipinski definition) is 3. The monoisotopic (exact) mass is 255 g/mol. The van der Waals surface area contributed by atoms with Gasteiger partial charge in [-0.15, -0.1) is 0 Å². The van der Waals surface area contributed by atoms with Crippen molar-refractivity contribution in [3.63, 3.8) is 0 Å². The molecule has 0 spiro atoms. The highest BCUT2D eigenvalue weighted by Gasteiger charge is 2.09. The fourth-order valence-electron chi connectivity index (χ4n) is 1.84. The van der Waals surface area contributed by atoms with Gasteiger partial charge in [-0.25, -0.2) is 0 Å². The van der Waals surface area contributed by atoms with E-state index in [1.54, 1.807) is 24.5 Å². The van der Waals surface area contributed by atoms with E-state index in [2.05, 4.69) is 10.3 Å². The number of benzene rings is 1. The summed E-state index contributed by atoms with van der Waals surface area (Å²) in [4.78, 5) is 16.2. The molecular formula is C15H17N3O. The van der Waals surface area contributed by atoms with Crippen molar-refractivity contribution < 1.29 is 4.79 Å². The number of carbonyl (C=O) groups is 1. The van der Waals surface area contributed by atoms with Crippen molar-refractivity contribution in [3.8, 4) is 0 Å². The van der Waals surface area contributed by atoms with E-state index in [4.69, 9.17) is 5.73 Å². The van der Waals surface area contributed by atoms with Crippen LogP contribution in [0.5, 0.6) is 0 Å². The molecule has 0 aliphatic rings. The minimum absolute atomic E-state index is 0.118. The molecule has 98 valence electrons. The molecule has 3 N–H and O–H groups in total. The number of aromatic nitrogens is 1. The minimum atomic E-state index is -0.118. The fourth-order valence-corrected chi connectivity index (χ4v) is 1.84. The summed E-state index contributed by atoms with van der Waals surface area (Å²) in [5.74, 6) is -0.118. The third-order valence-electron chi connectivity index (χ3n) is 3.09. The zero-order valence-corrected chi connectivity index (χ0v) is 11.1. The lowest BCUT2D eigenvalue weighted by molar-refractivity contribution is 0.0950. The van der Waals surface area contributed by atoms with E-state index in [0.717, 1.165) is 16.7 Å². The van der Waals surface area contributed by atoms with E-state index in [0.29, 0.717) is 17.8 Å². The molecule has 1 heterocycles. The summed E-state index contributed by atoms with van der Waals surface area (Å²) in [6.07, 6.45) is 3.50. The first-order valence-corrected chi connectivity index (χ1v) is 6.12. The van der Waals surface area contributed by atoms with Crippen molar-refractivity contribution in [2.24, 2.45) is 0 Å². The van der Waals surface area contributed by atoms with Gasteiger partial charge < -0.3 is 11.1 Å². The first-order chi connectivity index (χ1) is 9.08. The van der Waals surface area contributed by atoms with E-state index >= 15 is 0 Å². The molecule has 0 saturated carbocycles. The van der Waals surface area contributed by atoms with Crippen LogP contribution in [-0.4, -0.2) is 10.9 Å². The normalized spacial score (nSPS) is 10.2. The number of hydrogen-bond donors (Lipinski definition) is 2. The van der Waals surface area contributed by atoms with Gasteiger partial charge in [-0.3, -0.25) is 9.78 Å². The van der Waals surface area contributed by atoms with Crippen LogP contribution in [0.15, 0.2) is 36.7 Å². The molecule has 0 atom stereocenters. The zero-order valence-electron chi connectivity index (χ0n) is 11.1. The van der Waals surface area contributed by atoms with Crippen LogP contribution in [0.2, 0.25) is 0 Å². The average molecular weight is 255 g/mol. The van der Waals surface area contributed by atoms with Crippen molar-refractivity contribution in [2.75, 3.05) is 5.73 Å². The Morgan fingerprint density at radius 3 is 2.79 bits per heavy atom. The number of amides is 1. The van der Waals surface area contributed by atoms with Crippen LogP contribution in [0.1, 0.15) is 27.0 Å². The van der Waals surface area contributed by atoms with Gasteiger partial charge in [0.2, 0.25) is 0 Å². The minimum Gasteiger partial charge on any atom is -0.399 e. The van der Waals surface area contributed by atoms with Gasteiger partial charge in [0, 0.05) is 30.2 Å². The van der Waals surface area contributed by atoms with Gasteiger partial charge in [0.15, 0.2) is 0 Å². The number of nitrogens with one attached hydrogen (secondary N) is 1. The molecule has 1 amide bonds. The second kappa shape index (κ2) is 5.52. The molecule has 4 nitrogen and oxygen atoms in total. The number of carbonyl (C=O) groups excluding carboxylic acids is 1. The van der Waals surface area contributed by atoms with E-state index in [1.165, 1.54) is 0 Å². The van der Waals surface area contributed by atoms with E-state index in [1.807, 2.05) is 26.0 Å². The van der Waals surface area contributed by atoms with Crippen LogP contribution in [0.25, 0.3) is 0 Å². The maximum absolute atomic E-state index is 12.1. The van der Waals surface area contributed by atoms with Crippen LogP contribution in [0, 0.1) is 13.8 Å². The molecule has 2 aromatic rings. The predicted molar refractivity (Wildman–Crippen MR) is 75.7 cm³/mol. The third-order valence-corrected chi connectivity index (χ3v) is 3.09. The second-order valence-electron chi connectivity index (χ2n) is 4.56. The Bertz CT molecular complexity index is 608. The Kier molecular flexibility index (Phi) is 3.80. The third kappa shape index (κ3) is 3.10. The van der Waals surface area contributed by atoms with Crippen LogP contribution in [0.4, 0.5) is 5.69 Å². The molecule has 0 saturated heterocycles. The maximum Gasteiger partial charge on any atom is 0.251 e. The van der Waals surface area contributed by atoms with Crippen molar-refractivity contribution in [1.29, 1.82) is 0 Å². The number of nitrogens with two attached hydrogens (primary N) is 1. The van der Waals surface area contributed by atoms with Crippen LogP contribution in [0.3, 0.4) is 0 Å². The first kappa shape index (κ1) is 13.1. The molecule has 0 bridgehead atoms. The molecule has 0 aliphatic carbocycles. The second-order valence-corrected chi connectivity index (χ2v) is 4.56. The van der Waals surface area contributed by atoms with Crippen molar-refractivity contribution in [3.05, 3.63) is 58.9 Å². The van der Waals surface area contributed by atoms with Gasteiger partial charge >= 0.3 is 0 Å². The number of nitrogens with zero attached hydrogens (tertiary/aromatic N) is 1. The molecule has 1 aromatic heterocycles. The number of nitrogen functional groups attached to an aromatic ring is 1. The number of aryl methyl sites for hydroxylation is 2. The van der Waals surface area contributed by atoms with Crippen molar-refractivity contribution >= 4 is 11.6 Å². The van der Waals surface area contributed by atoms with Gasteiger partial charge in [0.25, 0.3) is 5.91 Å². The van der Waals surface area contributed by atoms with Gasteiger partial charge in [0.1, 0.15) is 0 Å². The summed E-state index contributed by atoms with van der Waals surface area (Å²) in [5.41, 5.74) is 9.94. The predicted octanol–water partition coefficient (Wildman–Crippen LogP) is 2.21. The molecule has 0 fully saturated rings. The Hall–Kier alpha value is -2.36. The summed E-state index contributed by atoms with van der Waals surface area (Å²) >= 11 is 0. The van der Waals surface area contributed by atoms with Crippen LogP contribution >= 0.6 is 0 Å². The maximum atomic E-state index is 12.1. The van der Waals surface area contributed by atoms with E-state index in [9.17, 15) is 4.79 Å². The highest BCUT2D eigenvalue weighted by Crippen LogP contribution is 2.13. The lowest BCUT2D eigenvalue weighted by Gasteiger charge is -2.09. The molecule has 0 unspecified atom stereocenters. The average Bonchev–Trinajstić information content (AvgIpc) is 2.40. The Morgan fingerprint density at radius 2 is 2.05 bits per heavy atom. The van der Waals surface area contributed by atoms with Gasteiger partial charge in [-0.1, -0.05) is 6.07 Å². The number of pyridine rings is 1. The summed E-state index contributed by atoms with van der Waals surface area (Å²) in [6.45, 7) is 4.35. The SMILES string of the molecule is Cc1ccncc1CNC(=O)c1cc(N)ccc1C. The standard InChI is InChI=1S/C15H17N3O/c1-10-5-6-17-8-12(10)9-18-15(19)14-7-13(16)4-3-11(14)2/h3-8H,9,16H2,1-2H3,(H,18,19). The van der Waals surface area contributed by atoms with Crippen molar-refractivity contribution in [1.82, 2.24) is 10.3 Å². The molecule has 4 heteroatoms. The summed E-state index contributed by atoms with van der Waals surface area (Å²) < 4.78 is 0. The Labute approximate surface area is 112 Å². The van der Waals surface area contributed by atoms with E-state index in [-0.39, 0.29) is 5.91 Å². The van der Waals surface area contributed by atoms with Gasteiger partial charge in [0.05, 0.1) is 0 Å². The lowest BCUT2D eigenvalue weighted by atomic mass is 10.1. The molecule has 1 aromatic carbocycles. The quantitative estimate of drug-likeness (QED) is 0.826. The lowest BCUT2D eigenvalue weighted by Crippen LogP contribution is -2.24. The molecule has 2 rings (SSSR count). The zero-order chi connectivity index (χ0) is 13.8. The van der Waals surface area contributed by atoms with Crippen LogP contribution in [-0.2, 0) is 6.54 Å². The highest BCUT2D eigenvalue weighted by atomic mass is 16.1. The number of rotatable bonds is 3. The fraction of sp³-hybridized carbons (Fsp3) is 0.200. The van der Waals surface area contributed by atoms with Crippen LogP contribution < -0.4 is 11.1 Å². The van der Waals surface area contributed by atoms with Gasteiger partial charge in [-0.05, 0) is 48.7 Å². The highest BCUT2D eigenvalue weighted by molar-refractivity contribution is 5.96. The molecule has 19 heavy (non-hydrogen) atoms. The number of anilines is 1. The Morgan fingerprint density at radius 1 is 1.26 bits per heavy atom. The molecule has 0 radical (unpaired) electrons.